The van der Waals surface area contributed by atoms with Crippen molar-refractivity contribution >= 4 is 32.7 Å². The minimum absolute atomic E-state index is 0.122. The predicted molar refractivity (Wildman–Crippen MR) is 109 cm³/mol. The third kappa shape index (κ3) is 3.60. The van der Waals surface area contributed by atoms with Crippen molar-refractivity contribution in [2.45, 2.75) is 25.4 Å². The average Bonchev–Trinajstić information content (AvgIpc) is 2.68. The molecule has 0 saturated carbocycles. The molecule has 0 saturated heterocycles. The largest absolute Gasteiger partial charge is 0.493 e. The number of aromatic nitrogens is 2. The van der Waals surface area contributed by atoms with Crippen LogP contribution in [0.3, 0.4) is 0 Å². The van der Waals surface area contributed by atoms with Crippen molar-refractivity contribution in [2.24, 2.45) is 0 Å². The Labute approximate surface area is 168 Å². The molecular formula is C20H18BrN3O4. The van der Waals surface area contributed by atoms with E-state index in [0.29, 0.717) is 23.9 Å². The molecule has 1 aliphatic heterocycles. The number of aryl methyl sites for hydroxylation is 1. The van der Waals surface area contributed by atoms with Gasteiger partial charge in [0, 0.05) is 29.4 Å². The number of rotatable bonds is 4. The monoisotopic (exact) mass is 443 g/mol. The lowest BCUT2D eigenvalue weighted by Crippen LogP contribution is -2.35. The zero-order valence-electron chi connectivity index (χ0n) is 14.9. The number of aromatic amines is 1. The molecule has 2 heterocycles. The molecule has 0 aliphatic carbocycles. The van der Waals surface area contributed by atoms with Gasteiger partial charge >= 0.3 is 5.69 Å². The molecule has 28 heavy (non-hydrogen) atoms. The Bertz CT molecular complexity index is 1170. The predicted octanol–water partition coefficient (Wildman–Crippen LogP) is 2.48. The summed E-state index contributed by atoms with van der Waals surface area (Å²) in [7, 11) is 0. The Kier molecular flexibility index (Phi) is 5.04. The molecule has 2 N–H and O–H groups in total. The summed E-state index contributed by atoms with van der Waals surface area (Å²) in [6.07, 6.45) is 0.799. The van der Waals surface area contributed by atoms with Crippen LogP contribution >= 0.6 is 15.9 Å². The van der Waals surface area contributed by atoms with Gasteiger partial charge < -0.3 is 10.1 Å². The molecule has 2 aromatic carbocycles. The lowest BCUT2D eigenvalue weighted by atomic mass is 10.0. The molecule has 1 atom stereocenters. The Morgan fingerprint density at radius 2 is 2.07 bits per heavy atom. The van der Waals surface area contributed by atoms with Gasteiger partial charge in [0.1, 0.15) is 5.75 Å². The minimum atomic E-state index is -0.517. The lowest BCUT2D eigenvalue weighted by Gasteiger charge is -2.27. The second-order valence-corrected chi connectivity index (χ2v) is 7.53. The molecule has 4 rings (SSSR count). The summed E-state index contributed by atoms with van der Waals surface area (Å²) in [6.45, 7) is 0.708. The number of amides is 1. The van der Waals surface area contributed by atoms with E-state index in [4.69, 9.17) is 4.74 Å². The molecule has 1 unspecified atom stereocenters. The number of H-pyrrole nitrogens is 1. The van der Waals surface area contributed by atoms with E-state index in [9.17, 15) is 14.4 Å². The molecule has 8 heteroatoms. The summed E-state index contributed by atoms with van der Waals surface area (Å²) in [4.78, 5) is 39.0. The number of halogens is 1. The molecule has 7 nitrogen and oxygen atoms in total. The van der Waals surface area contributed by atoms with Gasteiger partial charge in [-0.15, -0.1) is 0 Å². The van der Waals surface area contributed by atoms with Gasteiger partial charge in [0.2, 0.25) is 5.91 Å². The number of ether oxygens (including phenoxy) is 1. The number of benzene rings is 2. The first-order valence-corrected chi connectivity index (χ1v) is 9.76. The first-order valence-electron chi connectivity index (χ1n) is 8.96. The number of nitrogens with zero attached hydrogens (tertiary/aromatic N) is 1. The van der Waals surface area contributed by atoms with Gasteiger partial charge in [-0.3, -0.25) is 19.1 Å². The van der Waals surface area contributed by atoms with E-state index in [1.54, 1.807) is 24.3 Å². The lowest BCUT2D eigenvalue weighted by molar-refractivity contribution is -0.122. The maximum Gasteiger partial charge on any atom is 0.328 e. The van der Waals surface area contributed by atoms with E-state index < -0.39 is 11.2 Å². The van der Waals surface area contributed by atoms with Crippen molar-refractivity contribution < 1.29 is 9.53 Å². The average molecular weight is 444 g/mol. The van der Waals surface area contributed by atoms with Gasteiger partial charge in [-0.25, -0.2) is 4.79 Å². The van der Waals surface area contributed by atoms with Gasteiger partial charge in [0.05, 0.1) is 23.6 Å². The van der Waals surface area contributed by atoms with E-state index in [0.717, 1.165) is 15.8 Å². The standard InChI is InChI=1S/C20H18BrN3O4/c21-12-5-6-17-14(11-12)15(8-10-28-17)22-18(25)7-9-24-16-4-2-1-3-13(16)19(26)23-20(24)27/h1-6,11,15H,7-10H2,(H,22,25)(H,23,26,27). The van der Waals surface area contributed by atoms with Gasteiger partial charge in [-0.05, 0) is 30.3 Å². The van der Waals surface area contributed by atoms with Crippen LogP contribution in [0.5, 0.6) is 5.75 Å². The summed E-state index contributed by atoms with van der Waals surface area (Å²) in [5, 5.41) is 3.45. The summed E-state index contributed by atoms with van der Waals surface area (Å²) < 4.78 is 7.98. The second-order valence-electron chi connectivity index (χ2n) is 6.62. The molecule has 3 aromatic rings. The van der Waals surface area contributed by atoms with Crippen molar-refractivity contribution in [2.75, 3.05) is 6.61 Å². The van der Waals surface area contributed by atoms with E-state index >= 15 is 0 Å². The number of hydrogen-bond donors (Lipinski definition) is 2. The van der Waals surface area contributed by atoms with Gasteiger partial charge in [-0.2, -0.15) is 0 Å². The van der Waals surface area contributed by atoms with Crippen LogP contribution in [0.1, 0.15) is 24.4 Å². The van der Waals surface area contributed by atoms with Crippen LogP contribution in [0.25, 0.3) is 10.9 Å². The Balaban J connectivity index is 1.51. The number of para-hydroxylation sites is 1. The highest BCUT2D eigenvalue weighted by Crippen LogP contribution is 2.34. The molecule has 1 aliphatic rings. The van der Waals surface area contributed by atoms with Gasteiger partial charge in [-0.1, -0.05) is 28.1 Å². The van der Waals surface area contributed by atoms with Crippen molar-refractivity contribution in [1.82, 2.24) is 14.9 Å². The molecule has 0 spiro atoms. The zero-order valence-corrected chi connectivity index (χ0v) is 16.5. The highest BCUT2D eigenvalue weighted by Gasteiger charge is 2.23. The minimum Gasteiger partial charge on any atom is -0.493 e. The number of carbonyl (C=O) groups excluding carboxylic acids is 1. The third-order valence-corrected chi connectivity index (χ3v) is 5.31. The normalized spacial score (nSPS) is 15.7. The third-order valence-electron chi connectivity index (χ3n) is 4.81. The molecule has 144 valence electrons. The quantitative estimate of drug-likeness (QED) is 0.647. The van der Waals surface area contributed by atoms with Crippen LogP contribution in [-0.4, -0.2) is 22.1 Å². The fraction of sp³-hybridized carbons (Fsp3) is 0.250. The first-order chi connectivity index (χ1) is 13.5. The van der Waals surface area contributed by atoms with Crippen LogP contribution in [0, 0.1) is 0 Å². The highest BCUT2D eigenvalue weighted by atomic mass is 79.9. The fourth-order valence-electron chi connectivity index (χ4n) is 3.46. The van der Waals surface area contributed by atoms with E-state index in [1.807, 2.05) is 18.2 Å². The van der Waals surface area contributed by atoms with Crippen LogP contribution in [0.2, 0.25) is 0 Å². The van der Waals surface area contributed by atoms with Gasteiger partial charge in [0.25, 0.3) is 5.56 Å². The molecular weight excluding hydrogens is 426 g/mol. The topological polar surface area (TPSA) is 93.2 Å². The van der Waals surface area contributed by atoms with E-state index in [-0.39, 0.29) is 24.9 Å². The highest BCUT2D eigenvalue weighted by molar-refractivity contribution is 9.10. The van der Waals surface area contributed by atoms with Crippen molar-refractivity contribution in [1.29, 1.82) is 0 Å². The van der Waals surface area contributed by atoms with Crippen LogP contribution in [0.4, 0.5) is 0 Å². The maximum absolute atomic E-state index is 12.5. The van der Waals surface area contributed by atoms with Gasteiger partial charge in [0.15, 0.2) is 0 Å². The second kappa shape index (κ2) is 7.63. The smallest absolute Gasteiger partial charge is 0.328 e. The number of nitrogens with one attached hydrogen (secondary N) is 2. The number of hydrogen-bond acceptors (Lipinski definition) is 4. The van der Waals surface area contributed by atoms with Crippen LogP contribution < -0.4 is 21.3 Å². The Morgan fingerprint density at radius 1 is 1.25 bits per heavy atom. The maximum atomic E-state index is 12.5. The van der Waals surface area contributed by atoms with Crippen molar-refractivity contribution in [3.8, 4) is 5.75 Å². The summed E-state index contributed by atoms with van der Waals surface area (Å²) in [5.74, 6) is 0.600. The molecule has 0 radical (unpaired) electrons. The molecule has 1 amide bonds. The molecule has 0 fully saturated rings. The van der Waals surface area contributed by atoms with Crippen LogP contribution in [-0.2, 0) is 11.3 Å². The van der Waals surface area contributed by atoms with Crippen molar-refractivity contribution in [3.05, 3.63) is 73.3 Å². The number of fused-ring (bicyclic) bond motifs is 2. The Morgan fingerprint density at radius 3 is 2.93 bits per heavy atom. The van der Waals surface area contributed by atoms with E-state index in [1.165, 1.54) is 4.57 Å². The van der Waals surface area contributed by atoms with Crippen molar-refractivity contribution in [3.63, 3.8) is 0 Å². The fourth-order valence-corrected chi connectivity index (χ4v) is 3.84. The SMILES string of the molecule is O=C(CCn1c(=O)[nH]c(=O)c2ccccc21)NC1CCOc2ccc(Br)cc21. The van der Waals surface area contributed by atoms with E-state index in [2.05, 4.69) is 26.2 Å². The zero-order chi connectivity index (χ0) is 19.7. The summed E-state index contributed by atoms with van der Waals surface area (Å²) in [6, 6.07) is 12.4. The Hall–Kier alpha value is -2.87. The number of carbonyl (C=O) groups is 1. The first kappa shape index (κ1) is 18.5. The van der Waals surface area contributed by atoms with Crippen LogP contribution in [0.15, 0.2) is 56.5 Å². The molecule has 0 bridgehead atoms. The summed E-state index contributed by atoms with van der Waals surface area (Å²) in [5.41, 5.74) is 0.507. The summed E-state index contributed by atoms with van der Waals surface area (Å²) >= 11 is 3.45. The molecule has 1 aromatic heterocycles.